The van der Waals surface area contributed by atoms with Gasteiger partial charge in [-0.05, 0) is 35.4 Å². The average Bonchev–Trinajstić information content (AvgIpc) is 2.35. The molecule has 0 fully saturated rings. The van der Waals surface area contributed by atoms with E-state index in [0.29, 0.717) is 10.6 Å². The highest BCUT2D eigenvalue weighted by molar-refractivity contribution is 6.30. The number of halogens is 2. The normalized spacial score (nSPS) is 10.3. The Morgan fingerprint density at radius 1 is 1.28 bits per heavy atom. The molecule has 0 saturated carbocycles. The number of hydrogen-bond donors (Lipinski definition) is 0. The first kappa shape index (κ1) is 12.7. The number of ketones is 1. The smallest absolute Gasteiger partial charge is 0.141 e. The second-order valence-electron chi connectivity index (χ2n) is 3.99. The largest absolute Gasteiger partial charge is 0.299 e. The van der Waals surface area contributed by atoms with Crippen LogP contribution in [0.1, 0.15) is 11.1 Å². The van der Waals surface area contributed by atoms with Crippen molar-refractivity contribution in [3.8, 4) is 0 Å². The van der Waals surface area contributed by atoms with Crippen LogP contribution in [-0.4, -0.2) is 10.8 Å². The third kappa shape index (κ3) is 3.37. The minimum absolute atomic E-state index is 0.0429. The maximum Gasteiger partial charge on any atom is 0.141 e. The standard InChI is InChI=1S/C14H11ClFNO/c15-12-3-4-14(16)11(7-12)8-13(18)6-10-2-1-5-17-9-10/h1-5,7,9H,6,8H2. The van der Waals surface area contributed by atoms with E-state index in [1.54, 1.807) is 18.5 Å². The minimum atomic E-state index is -0.404. The van der Waals surface area contributed by atoms with Gasteiger partial charge in [0.1, 0.15) is 11.6 Å². The van der Waals surface area contributed by atoms with Crippen LogP contribution in [0.25, 0.3) is 0 Å². The summed E-state index contributed by atoms with van der Waals surface area (Å²) in [5.74, 6) is -0.469. The summed E-state index contributed by atoms with van der Waals surface area (Å²) in [5, 5.41) is 0.431. The quantitative estimate of drug-likeness (QED) is 0.848. The number of nitrogens with zero attached hydrogens (tertiary/aromatic N) is 1. The molecule has 1 heterocycles. The van der Waals surface area contributed by atoms with Gasteiger partial charge in [-0.3, -0.25) is 9.78 Å². The average molecular weight is 264 g/mol. The van der Waals surface area contributed by atoms with Gasteiger partial charge in [0, 0.05) is 30.3 Å². The zero-order valence-corrected chi connectivity index (χ0v) is 10.3. The molecule has 2 rings (SSSR count). The number of rotatable bonds is 4. The fraction of sp³-hybridized carbons (Fsp3) is 0.143. The van der Waals surface area contributed by atoms with Crippen molar-refractivity contribution in [1.82, 2.24) is 4.98 Å². The molecule has 0 aliphatic carbocycles. The number of aromatic nitrogens is 1. The van der Waals surface area contributed by atoms with E-state index in [1.165, 1.54) is 18.2 Å². The molecule has 0 unspecified atom stereocenters. The molecule has 0 spiro atoms. The topological polar surface area (TPSA) is 30.0 Å². The predicted octanol–water partition coefficient (Wildman–Crippen LogP) is 3.23. The van der Waals surface area contributed by atoms with E-state index >= 15 is 0 Å². The Hall–Kier alpha value is -1.74. The van der Waals surface area contributed by atoms with E-state index in [4.69, 9.17) is 11.6 Å². The zero-order valence-electron chi connectivity index (χ0n) is 9.57. The lowest BCUT2D eigenvalue weighted by atomic mass is 10.0. The lowest BCUT2D eigenvalue weighted by Gasteiger charge is -2.03. The Labute approximate surface area is 109 Å². The molecule has 2 aromatic rings. The molecule has 1 aromatic heterocycles. The van der Waals surface area contributed by atoms with E-state index in [1.807, 2.05) is 6.07 Å². The highest BCUT2D eigenvalue weighted by Crippen LogP contribution is 2.16. The van der Waals surface area contributed by atoms with Crippen molar-refractivity contribution in [1.29, 1.82) is 0 Å². The minimum Gasteiger partial charge on any atom is -0.299 e. The second kappa shape index (κ2) is 5.74. The Morgan fingerprint density at radius 3 is 2.83 bits per heavy atom. The second-order valence-corrected chi connectivity index (χ2v) is 4.43. The summed E-state index contributed by atoms with van der Waals surface area (Å²) in [6, 6.07) is 7.81. The van der Waals surface area contributed by atoms with Gasteiger partial charge in [-0.25, -0.2) is 4.39 Å². The molecule has 0 aliphatic rings. The first-order valence-corrected chi connectivity index (χ1v) is 5.87. The fourth-order valence-corrected chi connectivity index (χ4v) is 1.88. The molecule has 0 amide bonds. The molecule has 0 aliphatic heterocycles. The number of benzene rings is 1. The molecule has 0 saturated heterocycles. The SMILES string of the molecule is O=C(Cc1cccnc1)Cc1cc(Cl)ccc1F. The molecule has 1 aromatic carbocycles. The molecule has 0 atom stereocenters. The highest BCUT2D eigenvalue weighted by atomic mass is 35.5. The molecule has 2 nitrogen and oxygen atoms in total. The van der Waals surface area contributed by atoms with Gasteiger partial charge in [-0.1, -0.05) is 17.7 Å². The van der Waals surface area contributed by atoms with Crippen LogP contribution in [0.3, 0.4) is 0 Å². The van der Waals surface area contributed by atoms with Gasteiger partial charge in [-0.15, -0.1) is 0 Å². The zero-order chi connectivity index (χ0) is 13.0. The van der Waals surface area contributed by atoms with Crippen molar-refractivity contribution >= 4 is 17.4 Å². The van der Waals surface area contributed by atoms with Gasteiger partial charge in [-0.2, -0.15) is 0 Å². The lowest BCUT2D eigenvalue weighted by molar-refractivity contribution is -0.117. The number of carbonyl (C=O) groups excluding carboxylic acids is 1. The van der Waals surface area contributed by atoms with Crippen molar-refractivity contribution in [3.63, 3.8) is 0 Å². The number of hydrogen-bond acceptors (Lipinski definition) is 2. The summed E-state index contributed by atoms with van der Waals surface area (Å²) < 4.78 is 13.4. The molecular weight excluding hydrogens is 253 g/mol. The summed E-state index contributed by atoms with van der Waals surface area (Å²) in [6.07, 6.45) is 3.57. The van der Waals surface area contributed by atoms with Crippen LogP contribution in [-0.2, 0) is 17.6 Å². The van der Waals surface area contributed by atoms with Gasteiger partial charge >= 0.3 is 0 Å². The third-order valence-electron chi connectivity index (χ3n) is 2.52. The van der Waals surface area contributed by atoms with Crippen molar-refractivity contribution < 1.29 is 9.18 Å². The Morgan fingerprint density at radius 2 is 2.11 bits per heavy atom. The van der Waals surface area contributed by atoms with E-state index in [-0.39, 0.29) is 18.6 Å². The van der Waals surface area contributed by atoms with E-state index in [0.717, 1.165) is 5.56 Å². The number of Topliss-reactive ketones (excluding diaryl/α,β-unsaturated/α-hetero) is 1. The van der Waals surface area contributed by atoms with Crippen LogP contribution in [0.5, 0.6) is 0 Å². The van der Waals surface area contributed by atoms with E-state index in [2.05, 4.69) is 4.98 Å². The monoisotopic (exact) mass is 263 g/mol. The van der Waals surface area contributed by atoms with Crippen molar-refractivity contribution in [3.05, 3.63) is 64.7 Å². The third-order valence-corrected chi connectivity index (χ3v) is 2.75. The molecule has 0 N–H and O–H groups in total. The Bertz CT molecular complexity index is 557. The van der Waals surface area contributed by atoms with Crippen molar-refractivity contribution in [2.45, 2.75) is 12.8 Å². The highest BCUT2D eigenvalue weighted by Gasteiger charge is 2.09. The van der Waals surface area contributed by atoms with Crippen LogP contribution in [0.2, 0.25) is 5.02 Å². The van der Waals surface area contributed by atoms with Gasteiger partial charge in [0.05, 0.1) is 0 Å². The van der Waals surface area contributed by atoms with Crippen LogP contribution in [0.4, 0.5) is 4.39 Å². The van der Waals surface area contributed by atoms with Gasteiger partial charge in [0.2, 0.25) is 0 Å². The molecule has 92 valence electrons. The van der Waals surface area contributed by atoms with Gasteiger partial charge in [0.15, 0.2) is 0 Å². The summed E-state index contributed by atoms with van der Waals surface area (Å²) >= 11 is 5.77. The Kier molecular flexibility index (Phi) is 4.05. The van der Waals surface area contributed by atoms with Crippen LogP contribution < -0.4 is 0 Å². The van der Waals surface area contributed by atoms with Gasteiger partial charge in [0.25, 0.3) is 0 Å². The van der Waals surface area contributed by atoms with Crippen molar-refractivity contribution in [2.24, 2.45) is 0 Å². The first-order valence-electron chi connectivity index (χ1n) is 5.49. The summed E-state index contributed by atoms with van der Waals surface area (Å²) in [6.45, 7) is 0. The predicted molar refractivity (Wildman–Crippen MR) is 68.1 cm³/mol. The van der Waals surface area contributed by atoms with Crippen LogP contribution in [0.15, 0.2) is 42.7 Å². The summed E-state index contributed by atoms with van der Waals surface area (Å²) in [4.78, 5) is 15.7. The fourth-order valence-electron chi connectivity index (χ4n) is 1.68. The first-order chi connectivity index (χ1) is 8.65. The van der Waals surface area contributed by atoms with Crippen molar-refractivity contribution in [2.75, 3.05) is 0 Å². The van der Waals surface area contributed by atoms with E-state index in [9.17, 15) is 9.18 Å². The van der Waals surface area contributed by atoms with E-state index < -0.39 is 5.82 Å². The summed E-state index contributed by atoms with van der Waals surface area (Å²) in [5.41, 5.74) is 1.15. The molecule has 4 heteroatoms. The Balaban J connectivity index is 2.05. The van der Waals surface area contributed by atoms with Crippen LogP contribution >= 0.6 is 11.6 Å². The molecular formula is C14H11ClFNO. The lowest BCUT2D eigenvalue weighted by Crippen LogP contribution is -2.08. The molecule has 0 radical (unpaired) electrons. The molecule has 0 bridgehead atoms. The number of carbonyl (C=O) groups is 1. The maximum absolute atomic E-state index is 13.4. The molecule has 18 heavy (non-hydrogen) atoms. The summed E-state index contributed by atoms with van der Waals surface area (Å²) in [7, 11) is 0. The maximum atomic E-state index is 13.4. The van der Waals surface area contributed by atoms with Crippen LogP contribution in [0, 0.1) is 5.82 Å². The van der Waals surface area contributed by atoms with Gasteiger partial charge < -0.3 is 0 Å². The number of pyridine rings is 1.